The van der Waals surface area contributed by atoms with Crippen LogP contribution in [0.2, 0.25) is 0 Å². The molecule has 0 aliphatic heterocycles. The molecule has 104 valence electrons. The minimum atomic E-state index is -0.458. The molecule has 0 saturated carbocycles. The van der Waals surface area contributed by atoms with Crippen LogP contribution in [0.25, 0.3) is 0 Å². The number of ether oxygens (including phenoxy) is 1. The summed E-state index contributed by atoms with van der Waals surface area (Å²) in [5.74, 6) is 6.78. The maximum absolute atomic E-state index is 10.9. The molecular formula is C12H13N5O3. The van der Waals surface area contributed by atoms with E-state index < -0.39 is 4.92 Å². The van der Waals surface area contributed by atoms with Crippen LogP contribution in [-0.4, -0.2) is 14.9 Å². The summed E-state index contributed by atoms with van der Waals surface area (Å²) in [6.45, 7) is 3.30. The van der Waals surface area contributed by atoms with Gasteiger partial charge in [0.25, 0.3) is 5.69 Å². The molecule has 1 heterocycles. The molecule has 1 aromatic carbocycles. The van der Waals surface area contributed by atoms with Crippen LogP contribution in [0.15, 0.2) is 24.3 Å². The van der Waals surface area contributed by atoms with Crippen molar-refractivity contribution >= 4 is 11.5 Å². The quantitative estimate of drug-likeness (QED) is 0.498. The van der Waals surface area contributed by atoms with E-state index in [9.17, 15) is 10.1 Å². The Kier molecular flexibility index (Phi) is 3.76. The Bertz CT molecular complexity index is 660. The molecule has 8 heteroatoms. The van der Waals surface area contributed by atoms with Gasteiger partial charge in [-0.05, 0) is 19.9 Å². The summed E-state index contributed by atoms with van der Waals surface area (Å²) in [5, 5.41) is 10.9. The number of hydrazine groups is 1. The highest BCUT2D eigenvalue weighted by molar-refractivity contribution is 5.50. The lowest BCUT2D eigenvalue weighted by atomic mass is 10.2. The molecule has 0 aliphatic carbocycles. The molecule has 0 atom stereocenters. The molecular weight excluding hydrogens is 262 g/mol. The molecule has 0 fully saturated rings. The molecule has 0 radical (unpaired) electrons. The van der Waals surface area contributed by atoms with Crippen molar-refractivity contribution < 1.29 is 9.66 Å². The average Bonchev–Trinajstić information content (AvgIpc) is 2.40. The van der Waals surface area contributed by atoms with E-state index in [0.717, 1.165) is 0 Å². The number of nitrogens with two attached hydrogens (primary N) is 1. The minimum absolute atomic E-state index is 0.00884. The van der Waals surface area contributed by atoms with E-state index in [4.69, 9.17) is 10.6 Å². The zero-order chi connectivity index (χ0) is 14.7. The van der Waals surface area contributed by atoms with Crippen LogP contribution in [0.1, 0.15) is 11.4 Å². The van der Waals surface area contributed by atoms with Gasteiger partial charge in [-0.15, -0.1) is 0 Å². The summed E-state index contributed by atoms with van der Waals surface area (Å²) in [7, 11) is 0. The number of benzene rings is 1. The summed E-state index contributed by atoms with van der Waals surface area (Å²) in [5.41, 5.74) is 2.82. The largest absolute Gasteiger partial charge is 0.438 e. The maximum atomic E-state index is 10.9. The first kappa shape index (κ1) is 13.7. The second-order valence-electron chi connectivity index (χ2n) is 4.04. The Morgan fingerprint density at radius 2 is 2.10 bits per heavy atom. The third kappa shape index (κ3) is 2.81. The minimum Gasteiger partial charge on any atom is -0.438 e. The molecule has 0 bridgehead atoms. The van der Waals surface area contributed by atoms with E-state index in [1.165, 1.54) is 12.1 Å². The first-order valence-corrected chi connectivity index (χ1v) is 5.75. The average molecular weight is 275 g/mol. The van der Waals surface area contributed by atoms with E-state index in [1.807, 2.05) is 0 Å². The van der Waals surface area contributed by atoms with Crippen LogP contribution < -0.4 is 16.0 Å². The van der Waals surface area contributed by atoms with Crippen LogP contribution >= 0.6 is 0 Å². The standard InChI is InChI=1S/C12H13N5O3/c1-7-9(17(18)19)4-3-5-10(7)20-12-6-11(16-13)14-8(2)15-12/h3-6H,13H2,1-2H3,(H,14,15,16). The number of nitrogen functional groups attached to an aromatic ring is 1. The summed E-state index contributed by atoms with van der Waals surface area (Å²) in [6, 6.07) is 6.11. The van der Waals surface area contributed by atoms with Crippen molar-refractivity contribution in [2.45, 2.75) is 13.8 Å². The lowest BCUT2D eigenvalue weighted by molar-refractivity contribution is -0.385. The van der Waals surface area contributed by atoms with E-state index in [2.05, 4.69) is 15.4 Å². The van der Waals surface area contributed by atoms with Crippen LogP contribution in [0.3, 0.4) is 0 Å². The fourth-order valence-corrected chi connectivity index (χ4v) is 1.69. The Morgan fingerprint density at radius 3 is 2.75 bits per heavy atom. The van der Waals surface area contributed by atoms with Gasteiger partial charge < -0.3 is 10.2 Å². The number of nitro benzene ring substituents is 1. The second kappa shape index (κ2) is 5.49. The molecule has 20 heavy (non-hydrogen) atoms. The van der Waals surface area contributed by atoms with Crippen molar-refractivity contribution in [1.82, 2.24) is 9.97 Å². The highest BCUT2D eigenvalue weighted by Gasteiger charge is 2.15. The molecule has 0 saturated heterocycles. The molecule has 0 unspecified atom stereocenters. The topological polar surface area (TPSA) is 116 Å². The number of hydrogen-bond donors (Lipinski definition) is 2. The monoisotopic (exact) mass is 275 g/mol. The highest BCUT2D eigenvalue weighted by Crippen LogP contribution is 2.30. The van der Waals surface area contributed by atoms with Crippen LogP contribution in [0, 0.1) is 24.0 Å². The second-order valence-corrected chi connectivity index (χ2v) is 4.04. The lowest BCUT2D eigenvalue weighted by Gasteiger charge is -2.09. The van der Waals surface area contributed by atoms with Gasteiger partial charge in [-0.2, -0.15) is 4.98 Å². The normalized spacial score (nSPS) is 10.2. The zero-order valence-corrected chi connectivity index (χ0v) is 11.0. The van der Waals surface area contributed by atoms with Crippen molar-refractivity contribution in [2.24, 2.45) is 5.84 Å². The number of hydrogen-bond acceptors (Lipinski definition) is 7. The number of aryl methyl sites for hydroxylation is 1. The predicted molar refractivity (Wildman–Crippen MR) is 72.5 cm³/mol. The first-order chi connectivity index (χ1) is 9.51. The zero-order valence-electron chi connectivity index (χ0n) is 11.0. The summed E-state index contributed by atoms with van der Waals surface area (Å²) in [4.78, 5) is 18.5. The van der Waals surface area contributed by atoms with Gasteiger partial charge in [0.15, 0.2) is 0 Å². The third-order valence-electron chi connectivity index (χ3n) is 2.63. The molecule has 2 aromatic rings. The summed E-state index contributed by atoms with van der Waals surface area (Å²) < 4.78 is 5.57. The molecule has 0 spiro atoms. The Balaban J connectivity index is 2.37. The number of anilines is 1. The first-order valence-electron chi connectivity index (χ1n) is 5.75. The van der Waals surface area contributed by atoms with Crippen LogP contribution in [0.5, 0.6) is 11.6 Å². The van der Waals surface area contributed by atoms with Gasteiger partial charge in [-0.1, -0.05) is 6.07 Å². The van der Waals surface area contributed by atoms with Gasteiger partial charge in [0.05, 0.1) is 10.5 Å². The smallest absolute Gasteiger partial charge is 0.276 e. The number of nitro groups is 1. The van der Waals surface area contributed by atoms with E-state index in [0.29, 0.717) is 23.0 Å². The molecule has 0 amide bonds. The number of nitrogens with zero attached hydrogens (tertiary/aromatic N) is 3. The fourth-order valence-electron chi connectivity index (χ4n) is 1.69. The molecule has 8 nitrogen and oxygen atoms in total. The van der Waals surface area contributed by atoms with E-state index in [1.54, 1.807) is 26.0 Å². The molecule has 2 rings (SSSR count). The number of nitrogens with one attached hydrogen (secondary N) is 1. The van der Waals surface area contributed by atoms with Crippen LogP contribution in [-0.2, 0) is 0 Å². The van der Waals surface area contributed by atoms with Crippen molar-refractivity contribution in [1.29, 1.82) is 0 Å². The van der Waals surface area contributed by atoms with E-state index in [-0.39, 0.29) is 11.6 Å². The Morgan fingerprint density at radius 1 is 1.35 bits per heavy atom. The van der Waals surface area contributed by atoms with Crippen molar-refractivity contribution in [2.75, 3.05) is 5.43 Å². The van der Waals surface area contributed by atoms with Gasteiger partial charge in [0.2, 0.25) is 5.88 Å². The van der Waals surface area contributed by atoms with Gasteiger partial charge in [-0.25, -0.2) is 10.8 Å². The van der Waals surface area contributed by atoms with Crippen molar-refractivity contribution in [3.8, 4) is 11.6 Å². The molecule has 0 aliphatic rings. The fraction of sp³-hybridized carbons (Fsp3) is 0.167. The third-order valence-corrected chi connectivity index (χ3v) is 2.63. The van der Waals surface area contributed by atoms with Crippen molar-refractivity contribution in [3.05, 3.63) is 45.8 Å². The summed E-state index contributed by atoms with van der Waals surface area (Å²) in [6.07, 6.45) is 0. The molecule has 3 N–H and O–H groups in total. The van der Waals surface area contributed by atoms with Gasteiger partial charge in [-0.3, -0.25) is 10.1 Å². The Hall–Kier alpha value is -2.74. The van der Waals surface area contributed by atoms with Gasteiger partial charge in [0, 0.05) is 12.1 Å². The van der Waals surface area contributed by atoms with Crippen molar-refractivity contribution in [3.63, 3.8) is 0 Å². The lowest BCUT2D eigenvalue weighted by Crippen LogP contribution is -2.10. The Labute approximate surface area is 114 Å². The number of aromatic nitrogens is 2. The number of rotatable bonds is 4. The highest BCUT2D eigenvalue weighted by atomic mass is 16.6. The maximum Gasteiger partial charge on any atom is 0.276 e. The van der Waals surface area contributed by atoms with Gasteiger partial charge >= 0.3 is 0 Å². The van der Waals surface area contributed by atoms with Gasteiger partial charge in [0.1, 0.15) is 17.4 Å². The molecule has 1 aromatic heterocycles. The predicted octanol–water partition coefficient (Wildman–Crippen LogP) is 2.08. The van der Waals surface area contributed by atoms with E-state index >= 15 is 0 Å². The SMILES string of the molecule is Cc1nc(NN)cc(Oc2cccc([N+](=O)[O-])c2C)n1. The summed E-state index contributed by atoms with van der Waals surface area (Å²) >= 11 is 0. The van der Waals surface area contributed by atoms with Crippen LogP contribution in [0.4, 0.5) is 11.5 Å².